The molecule has 0 saturated heterocycles. The average molecular weight is 1220 g/mol. The zero-order valence-corrected chi connectivity index (χ0v) is 51.7. The van der Waals surface area contributed by atoms with Gasteiger partial charge in [-0.3, -0.25) is 4.79 Å². The predicted molar refractivity (Wildman–Crippen MR) is 319 cm³/mol. The minimum Gasteiger partial charge on any atom is -0.462 e. The Balaban J connectivity index is 1.27. The van der Waals surface area contributed by atoms with E-state index in [1.54, 1.807) is 45.0 Å². The second-order valence-electron chi connectivity index (χ2n) is 22.4. The topological polar surface area (TPSA) is 194 Å². The third-order valence-corrected chi connectivity index (χ3v) is 19.2. The quantitative estimate of drug-likeness (QED) is 0.0119. The first-order valence-corrected chi connectivity index (χ1v) is 31.7. The molecule has 14 nitrogen and oxygen atoms in total. The number of carbonyl (C=O) groups excluding carboxylic acids is 2. The van der Waals surface area contributed by atoms with E-state index in [1.807, 2.05) is 24.3 Å². The summed E-state index contributed by atoms with van der Waals surface area (Å²) >= 11 is 0.0389. The molecule has 452 valence electrons. The summed E-state index contributed by atoms with van der Waals surface area (Å²) in [4.78, 5) is 22.0. The van der Waals surface area contributed by atoms with E-state index in [0.717, 1.165) is 39.7 Å². The van der Waals surface area contributed by atoms with Gasteiger partial charge in [0.1, 0.15) is 60.8 Å². The number of thioether (sulfide) groups is 1. The second-order valence-corrected chi connectivity index (χ2v) is 26.8. The maximum atomic E-state index is 16.2. The fourth-order valence-electron chi connectivity index (χ4n) is 9.73. The maximum Gasteiger partial charge on any atom is 0.329 e. The van der Waals surface area contributed by atoms with Crippen molar-refractivity contribution in [1.29, 1.82) is 0 Å². The number of para-hydroxylation sites is 2. The minimum atomic E-state index is -6.16. The molecular formula is C63H74F4N4O10S3. The number of anilines is 2. The number of hydrogen-bond donors (Lipinski definition) is 3. The number of amides is 1. The SMILES string of the molecule is CCC(C)(C)C(=O)NC(CSc1c(F)c(F)c(S(=O)(=O)[N-]S(=O)(=O)c2ccccc2C2=C3C=CC([NH2+]c4c(C(C)C)cccc4C(C)C)C=C3Oc3cc(Nc4c(C(C)C)cccc4C(C)C)ccc32)c(F)c1F)C(=O)OCCOCCOC. The minimum absolute atomic E-state index is 0.0389. The van der Waals surface area contributed by atoms with Crippen molar-refractivity contribution in [2.24, 2.45) is 5.41 Å². The Kier molecular flexibility index (Phi) is 21.2. The van der Waals surface area contributed by atoms with E-state index in [4.69, 9.17) is 18.9 Å². The monoisotopic (exact) mass is 1220 g/mol. The molecule has 7 rings (SSSR count). The summed E-state index contributed by atoms with van der Waals surface area (Å²) in [5.74, 6) is -10.6. The highest BCUT2D eigenvalue weighted by Gasteiger charge is 2.37. The van der Waals surface area contributed by atoms with Gasteiger partial charge in [-0.15, -0.1) is 11.8 Å². The molecule has 5 aromatic rings. The van der Waals surface area contributed by atoms with Crippen LogP contribution in [-0.2, 0) is 43.8 Å². The largest absolute Gasteiger partial charge is 0.462 e. The number of nitrogens with two attached hydrogens (primary N) is 1. The van der Waals surface area contributed by atoms with Crippen molar-refractivity contribution in [1.82, 2.24) is 5.32 Å². The number of carbonyl (C=O) groups is 2. The summed E-state index contributed by atoms with van der Waals surface area (Å²) in [5, 5.41) is 8.23. The molecule has 0 radical (unpaired) electrons. The number of benzene rings is 5. The third-order valence-electron chi connectivity index (χ3n) is 14.7. The van der Waals surface area contributed by atoms with Crippen LogP contribution in [0.3, 0.4) is 0 Å². The zero-order chi connectivity index (χ0) is 61.6. The number of allylic oxidation sites excluding steroid dienone is 1. The van der Waals surface area contributed by atoms with Crippen molar-refractivity contribution >= 4 is 66.3 Å². The predicted octanol–water partition coefficient (Wildman–Crippen LogP) is 13.1. The lowest BCUT2D eigenvalue weighted by Crippen LogP contribution is -2.84. The van der Waals surface area contributed by atoms with Gasteiger partial charge in [-0.2, -0.15) is 0 Å². The van der Waals surface area contributed by atoms with Gasteiger partial charge in [0.2, 0.25) is 5.91 Å². The summed E-state index contributed by atoms with van der Waals surface area (Å²) in [5.41, 5.74) is 7.07. The smallest absolute Gasteiger partial charge is 0.329 e. The van der Waals surface area contributed by atoms with Crippen molar-refractivity contribution < 1.29 is 68.3 Å². The highest BCUT2D eigenvalue weighted by molar-refractivity contribution is 8.12. The van der Waals surface area contributed by atoms with Crippen LogP contribution >= 0.6 is 11.8 Å². The summed E-state index contributed by atoms with van der Waals surface area (Å²) < 4.78 is 147. The van der Waals surface area contributed by atoms with Crippen LogP contribution in [-0.4, -0.2) is 80.1 Å². The summed E-state index contributed by atoms with van der Waals surface area (Å²) in [6.07, 6.45) is 5.94. The van der Waals surface area contributed by atoms with Crippen molar-refractivity contribution in [2.45, 2.75) is 133 Å². The van der Waals surface area contributed by atoms with Gasteiger partial charge in [-0.25, -0.2) is 39.2 Å². The van der Waals surface area contributed by atoms with Crippen LogP contribution in [0, 0.1) is 28.7 Å². The molecule has 0 saturated carbocycles. The number of hydrogen-bond acceptors (Lipinski definition) is 12. The number of fused-ring (bicyclic) bond motifs is 2. The van der Waals surface area contributed by atoms with Crippen LogP contribution in [0.2, 0.25) is 0 Å². The molecule has 5 aromatic carbocycles. The Morgan fingerprint density at radius 2 is 1.32 bits per heavy atom. The van der Waals surface area contributed by atoms with E-state index >= 15 is 17.6 Å². The molecule has 2 aliphatic rings. The third kappa shape index (κ3) is 14.5. The van der Waals surface area contributed by atoms with Crippen molar-refractivity contribution in [3.63, 3.8) is 0 Å². The van der Waals surface area contributed by atoms with Gasteiger partial charge in [0.15, 0.2) is 23.3 Å². The van der Waals surface area contributed by atoms with Gasteiger partial charge < -0.3 is 39.0 Å². The number of methoxy groups -OCH3 is 1. The van der Waals surface area contributed by atoms with Crippen LogP contribution < -0.4 is 20.7 Å². The lowest BCUT2D eigenvalue weighted by molar-refractivity contribution is -0.589. The van der Waals surface area contributed by atoms with Crippen molar-refractivity contribution in [3.05, 3.63) is 169 Å². The van der Waals surface area contributed by atoms with Crippen LogP contribution in [0.15, 0.2) is 123 Å². The number of halogens is 4. The number of rotatable bonds is 26. The summed E-state index contributed by atoms with van der Waals surface area (Å²) in [7, 11) is -10.3. The molecule has 1 aliphatic carbocycles. The molecule has 0 fully saturated rings. The number of ether oxygens (including phenoxy) is 4. The first kappa shape index (κ1) is 65.2. The van der Waals surface area contributed by atoms with E-state index in [-0.39, 0.29) is 79.0 Å². The summed E-state index contributed by atoms with van der Waals surface area (Å²) in [6.45, 7) is 21.8. The molecule has 21 heteroatoms. The second kappa shape index (κ2) is 27.4. The first-order valence-electron chi connectivity index (χ1n) is 27.8. The van der Waals surface area contributed by atoms with Crippen LogP contribution in [0.4, 0.5) is 34.6 Å². The van der Waals surface area contributed by atoms with E-state index in [9.17, 15) is 26.4 Å². The lowest BCUT2D eigenvalue weighted by Gasteiger charge is -2.30. The van der Waals surface area contributed by atoms with E-state index in [1.165, 1.54) is 25.3 Å². The van der Waals surface area contributed by atoms with E-state index in [0.29, 0.717) is 34.8 Å². The van der Waals surface area contributed by atoms with Crippen molar-refractivity contribution in [2.75, 3.05) is 44.6 Å². The number of sulfonamides is 2. The fraction of sp³-hybridized carbons (Fsp3) is 0.397. The van der Waals surface area contributed by atoms with Crippen LogP contribution in [0.1, 0.15) is 140 Å². The molecule has 2 unspecified atom stereocenters. The lowest BCUT2D eigenvalue weighted by atomic mass is 9.86. The molecule has 84 heavy (non-hydrogen) atoms. The first-order chi connectivity index (χ1) is 39.6. The van der Waals surface area contributed by atoms with E-state index in [2.05, 4.69) is 99.7 Å². The average Bonchev–Trinajstić information content (AvgIpc) is 2.42. The normalized spacial score (nSPS) is 14.9. The van der Waals surface area contributed by atoms with Gasteiger partial charge in [0.05, 0.1) is 29.6 Å². The molecular weight excluding hydrogens is 1140 g/mol. The van der Waals surface area contributed by atoms with Gasteiger partial charge in [0, 0.05) is 75.2 Å². The van der Waals surface area contributed by atoms with Gasteiger partial charge in [0.25, 0.3) is 0 Å². The Bertz CT molecular complexity index is 3540. The molecule has 1 heterocycles. The number of nitrogens with one attached hydrogen (secondary N) is 2. The molecule has 4 N–H and O–H groups in total. The highest BCUT2D eigenvalue weighted by Crippen LogP contribution is 2.48. The standard InChI is InChI=1S/C63H73F4N4O10S3/c1-13-63(10,11)62(73)70-48(61(72)80-31-30-79-29-28-78-12)34-82-59-53(64)55(66)60(56(67)54(59)65)84(76,77)71-83(74,75)51-23-15-14-18-47(51)52-45-26-24-39(68-57-41(35(2)3)19-16-20-42(57)36(4)5)32-49(45)81-50-33-40(25-27-46(50)52)69-58-43(37(6)7)21-17-22-44(58)38(8)9/h14-27,32-33,35-39,48,68-69H,13,28-31,34H2,1-12H3,(H,70,73)/q-1/p+1. The molecule has 0 aromatic heterocycles. The summed E-state index contributed by atoms with van der Waals surface area (Å²) in [6, 6.07) is 21.1. The molecule has 1 amide bonds. The number of esters is 1. The molecule has 1 aliphatic heterocycles. The Labute approximate surface area is 495 Å². The highest BCUT2D eigenvalue weighted by atomic mass is 32.3. The van der Waals surface area contributed by atoms with E-state index < -0.39 is 87.1 Å². The maximum absolute atomic E-state index is 16.2. The molecule has 0 spiro atoms. The van der Waals surface area contributed by atoms with Gasteiger partial charge in [-0.05, 0) is 71.6 Å². The Morgan fingerprint density at radius 1 is 0.738 bits per heavy atom. The molecule has 0 bridgehead atoms. The van der Waals surface area contributed by atoms with Crippen LogP contribution in [0.25, 0.3) is 9.70 Å². The number of nitrogens with zero attached hydrogens (tertiary/aromatic N) is 1. The Morgan fingerprint density at radius 3 is 1.90 bits per heavy atom. The number of quaternary nitrogens is 1. The zero-order valence-electron chi connectivity index (χ0n) is 49.3. The van der Waals surface area contributed by atoms with Crippen molar-refractivity contribution in [3.8, 4) is 5.75 Å². The fourth-order valence-corrected chi connectivity index (χ4v) is 13.7. The van der Waals surface area contributed by atoms with Gasteiger partial charge in [-0.1, -0.05) is 131 Å². The van der Waals surface area contributed by atoms with Gasteiger partial charge >= 0.3 is 5.97 Å². The Hall–Kier alpha value is -6.33. The molecule has 2 atom stereocenters. The van der Waals surface area contributed by atoms with Crippen LogP contribution in [0.5, 0.6) is 5.75 Å².